The van der Waals surface area contributed by atoms with Gasteiger partial charge in [-0.25, -0.2) is 13.5 Å². The maximum Gasteiger partial charge on any atom is 0.260 e. The van der Waals surface area contributed by atoms with Gasteiger partial charge >= 0.3 is 0 Å². The molecule has 3 aromatic rings. The molecule has 0 fully saturated rings. The van der Waals surface area contributed by atoms with Gasteiger partial charge in [0.1, 0.15) is 16.8 Å². The first-order valence-electron chi connectivity index (χ1n) is 7.59. The Balaban J connectivity index is 1.84. The van der Waals surface area contributed by atoms with Crippen LogP contribution in [-0.2, 0) is 6.54 Å². The van der Waals surface area contributed by atoms with Gasteiger partial charge in [-0.1, -0.05) is 39.7 Å². The second kappa shape index (κ2) is 7.55. The summed E-state index contributed by atoms with van der Waals surface area (Å²) in [5.74, 6) is -1.47. The Labute approximate surface area is 161 Å². The molecule has 0 aliphatic carbocycles. The number of carbonyl (C=O) groups is 1. The van der Waals surface area contributed by atoms with Crippen LogP contribution in [0.5, 0.6) is 0 Å². The lowest BCUT2D eigenvalue weighted by atomic mass is 10.2. The van der Waals surface area contributed by atoms with Gasteiger partial charge in [-0.05, 0) is 42.8 Å². The summed E-state index contributed by atoms with van der Waals surface area (Å²) >= 11 is 9.46. The topological polar surface area (TPSA) is 46.9 Å². The first-order valence-corrected chi connectivity index (χ1v) is 8.76. The minimum Gasteiger partial charge on any atom is -0.319 e. The minimum absolute atomic E-state index is 0.0416. The number of anilines is 1. The van der Waals surface area contributed by atoms with Crippen molar-refractivity contribution in [2.75, 3.05) is 5.32 Å². The highest BCUT2D eigenvalue weighted by Crippen LogP contribution is 2.24. The second-order valence-electron chi connectivity index (χ2n) is 5.61. The number of amides is 1. The molecule has 4 nitrogen and oxygen atoms in total. The SMILES string of the molecule is Cc1nn(Cc2ccc(F)cc2)c(Cl)c1C(=O)Nc1ccc(Br)cc1F. The van der Waals surface area contributed by atoms with Crippen molar-refractivity contribution in [3.8, 4) is 0 Å². The van der Waals surface area contributed by atoms with E-state index in [1.54, 1.807) is 25.1 Å². The Morgan fingerprint density at radius 2 is 1.92 bits per heavy atom. The lowest BCUT2D eigenvalue weighted by Gasteiger charge is -2.07. The van der Waals surface area contributed by atoms with E-state index in [2.05, 4.69) is 26.3 Å². The highest BCUT2D eigenvalue weighted by Gasteiger charge is 2.21. The van der Waals surface area contributed by atoms with Crippen LogP contribution in [0.1, 0.15) is 21.6 Å². The lowest BCUT2D eigenvalue weighted by Crippen LogP contribution is -2.14. The van der Waals surface area contributed by atoms with E-state index >= 15 is 0 Å². The van der Waals surface area contributed by atoms with Crippen molar-refractivity contribution in [2.45, 2.75) is 13.5 Å². The molecule has 0 saturated heterocycles. The summed E-state index contributed by atoms with van der Waals surface area (Å²) in [6, 6.07) is 10.2. The largest absolute Gasteiger partial charge is 0.319 e. The van der Waals surface area contributed by atoms with E-state index in [4.69, 9.17) is 11.6 Å². The molecular weight excluding hydrogens is 428 g/mol. The number of hydrogen-bond donors (Lipinski definition) is 1. The van der Waals surface area contributed by atoms with Gasteiger partial charge in [-0.3, -0.25) is 4.79 Å². The summed E-state index contributed by atoms with van der Waals surface area (Å²) < 4.78 is 28.9. The van der Waals surface area contributed by atoms with Gasteiger partial charge in [0, 0.05) is 4.47 Å². The molecule has 1 heterocycles. The number of nitrogens with zero attached hydrogens (tertiary/aromatic N) is 2. The van der Waals surface area contributed by atoms with Crippen LogP contribution in [-0.4, -0.2) is 15.7 Å². The van der Waals surface area contributed by atoms with E-state index in [1.165, 1.54) is 28.9 Å². The van der Waals surface area contributed by atoms with Gasteiger partial charge in [0.15, 0.2) is 0 Å². The third-order valence-electron chi connectivity index (χ3n) is 3.72. The van der Waals surface area contributed by atoms with Crippen molar-refractivity contribution in [1.82, 2.24) is 9.78 Å². The minimum atomic E-state index is -0.569. The van der Waals surface area contributed by atoms with E-state index in [9.17, 15) is 13.6 Å². The smallest absolute Gasteiger partial charge is 0.260 e. The first-order chi connectivity index (χ1) is 12.3. The quantitative estimate of drug-likeness (QED) is 0.607. The van der Waals surface area contributed by atoms with Crippen molar-refractivity contribution in [2.24, 2.45) is 0 Å². The van der Waals surface area contributed by atoms with E-state index in [1.807, 2.05) is 0 Å². The molecule has 1 N–H and O–H groups in total. The van der Waals surface area contributed by atoms with Crippen molar-refractivity contribution >= 4 is 39.1 Å². The number of hydrogen-bond acceptors (Lipinski definition) is 2. The van der Waals surface area contributed by atoms with Crippen LogP contribution in [0.2, 0.25) is 5.15 Å². The Hall–Kier alpha value is -2.25. The summed E-state index contributed by atoms with van der Waals surface area (Å²) in [5.41, 5.74) is 1.39. The highest BCUT2D eigenvalue weighted by atomic mass is 79.9. The normalized spacial score (nSPS) is 10.8. The molecule has 0 saturated carbocycles. The Bertz CT molecular complexity index is 973. The molecule has 0 aliphatic heterocycles. The van der Waals surface area contributed by atoms with Gasteiger partial charge in [-0.2, -0.15) is 5.10 Å². The lowest BCUT2D eigenvalue weighted by molar-refractivity contribution is 0.102. The Morgan fingerprint density at radius 1 is 1.23 bits per heavy atom. The van der Waals surface area contributed by atoms with E-state index < -0.39 is 11.7 Å². The van der Waals surface area contributed by atoms with Crippen molar-refractivity contribution < 1.29 is 13.6 Å². The predicted octanol–water partition coefficient (Wildman–Crippen LogP) is 5.19. The maximum atomic E-state index is 13.9. The fourth-order valence-corrected chi connectivity index (χ4v) is 3.11. The molecule has 2 aromatic carbocycles. The molecule has 134 valence electrons. The summed E-state index contributed by atoms with van der Waals surface area (Å²) in [6.45, 7) is 1.92. The Kier molecular flexibility index (Phi) is 5.38. The van der Waals surface area contributed by atoms with Crippen LogP contribution in [0.4, 0.5) is 14.5 Å². The van der Waals surface area contributed by atoms with Crippen LogP contribution in [0, 0.1) is 18.6 Å². The molecule has 0 spiro atoms. The Morgan fingerprint density at radius 3 is 2.58 bits per heavy atom. The fraction of sp³-hybridized carbons (Fsp3) is 0.111. The van der Waals surface area contributed by atoms with Gasteiger partial charge in [0.25, 0.3) is 5.91 Å². The number of aromatic nitrogens is 2. The average Bonchev–Trinajstić information content (AvgIpc) is 2.86. The first kappa shape index (κ1) is 18.5. The zero-order valence-electron chi connectivity index (χ0n) is 13.6. The van der Waals surface area contributed by atoms with Gasteiger partial charge in [-0.15, -0.1) is 0 Å². The number of nitrogens with one attached hydrogen (secondary N) is 1. The average molecular weight is 441 g/mol. The number of carbonyl (C=O) groups excluding carboxylic acids is 1. The molecule has 1 amide bonds. The maximum absolute atomic E-state index is 13.9. The number of benzene rings is 2. The molecule has 1 aromatic heterocycles. The van der Waals surface area contributed by atoms with Crippen molar-refractivity contribution in [3.63, 3.8) is 0 Å². The van der Waals surface area contributed by atoms with Crippen LogP contribution < -0.4 is 5.32 Å². The van der Waals surface area contributed by atoms with E-state index in [0.717, 1.165) is 5.56 Å². The van der Waals surface area contributed by atoms with Gasteiger partial charge in [0.2, 0.25) is 0 Å². The highest BCUT2D eigenvalue weighted by molar-refractivity contribution is 9.10. The predicted molar refractivity (Wildman–Crippen MR) is 99.5 cm³/mol. The molecule has 26 heavy (non-hydrogen) atoms. The fourth-order valence-electron chi connectivity index (χ4n) is 2.45. The van der Waals surface area contributed by atoms with Crippen LogP contribution in [0.3, 0.4) is 0 Å². The van der Waals surface area contributed by atoms with Crippen LogP contribution in [0.15, 0.2) is 46.9 Å². The standard InChI is InChI=1S/C18H13BrClF2N3O/c1-10-16(18(26)23-15-7-4-12(19)8-14(15)22)17(20)25(24-10)9-11-2-5-13(21)6-3-11/h2-8H,9H2,1H3,(H,23,26). The molecule has 0 bridgehead atoms. The molecule has 0 radical (unpaired) electrons. The van der Waals surface area contributed by atoms with Crippen LogP contribution >= 0.6 is 27.5 Å². The zero-order valence-corrected chi connectivity index (χ0v) is 15.9. The number of halogens is 4. The molecule has 0 unspecified atom stereocenters. The van der Waals surface area contributed by atoms with Crippen LogP contribution in [0.25, 0.3) is 0 Å². The third-order valence-corrected chi connectivity index (χ3v) is 4.59. The van der Waals surface area contributed by atoms with Gasteiger partial charge in [0.05, 0.1) is 23.5 Å². The number of rotatable bonds is 4. The molecule has 8 heteroatoms. The molecular formula is C18H13BrClF2N3O. The molecule has 0 aliphatic rings. The van der Waals surface area contributed by atoms with E-state index in [0.29, 0.717) is 10.2 Å². The number of aryl methyl sites for hydroxylation is 1. The van der Waals surface area contributed by atoms with Crippen molar-refractivity contribution in [1.29, 1.82) is 0 Å². The summed E-state index contributed by atoms with van der Waals surface area (Å²) in [7, 11) is 0. The zero-order chi connectivity index (χ0) is 18.8. The summed E-state index contributed by atoms with van der Waals surface area (Å²) in [4.78, 5) is 12.5. The van der Waals surface area contributed by atoms with Gasteiger partial charge < -0.3 is 5.32 Å². The monoisotopic (exact) mass is 439 g/mol. The third kappa shape index (κ3) is 3.94. The van der Waals surface area contributed by atoms with Crippen molar-refractivity contribution in [3.05, 3.63) is 80.5 Å². The summed E-state index contributed by atoms with van der Waals surface area (Å²) in [5, 5.41) is 6.88. The van der Waals surface area contributed by atoms with E-state index in [-0.39, 0.29) is 28.8 Å². The molecule has 3 rings (SSSR count). The second-order valence-corrected chi connectivity index (χ2v) is 6.89. The molecule has 0 atom stereocenters. The summed E-state index contributed by atoms with van der Waals surface area (Å²) in [6.07, 6.45) is 0.